The molecule has 1 aromatic carbocycles. The fourth-order valence-corrected chi connectivity index (χ4v) is 2.58. The van der Waals surface area contributed by atoms with Gasteiger partial charge in [0.15, 0.2) is 0 Å². The maximum atomic E-state index is 12.5. The average Bonchev–Trinajstić information content (AvgIpc) is 2.64. The number of nitrogens with one attached hydrogen (secondary N) is 2. The van der Waals surface area contributed by atoms with Crippen molar-refractivity contribution in [2.45, 2.75) is 25.8 Å². The minimum absolute atomic E-state index is 0.0967. The molecule has 2 amide bonds. The summed E-state index contributed by atoms with van der Waals surface area (Å²) in [5.41, 5.74) is 2.15. The van der Waals surface area contributed by atoms with E-state index in [4.69, 9.17) is 14.7 Å². The fourth-order valence-electron chi connectivity index (χ4n) is 2.32. The Balaban J connectivity index is 2.78. The summed E-state index contributed by atoms with van der Waals surface area (Å²) >= 11 is 3.33. The van der Waals surface area contributed by atoms with E-state index in [-0.39, 0.29) is 25.7 Å². The lowest BCUT2D eigenvalue weighted by Crippen LogP contribution is -2.42. The maximum absolute atomic E-state index is 12.5. The first-order chi connectivity index (χ1) is 12.5. The van der Waals surface area contributed by atoms with Gasteiger partial charge >= 0.3 is 0 Å². The van der Waals surface area contributed by atoms with E-state index in [1.807, 2.05) is 6.92 Å². The topological polar surface area (TPSA) is 96.9 Å². The van der Waals surface area contributed by atoms with E-state index in [9.17, 15) is 9.59 Å². The van der Waals surface area contributed by atoms with Crippen molar-refractivity contribution in [3.8, 4) is 0 Å². The Bertz CT molecular complexity index is 579. The number of allylic oxidation sites excluding steroid dienone is 1. The first-order valence-corrected chi connectivity index (χ1v) is 9.07. The fraction of sp³-hybridized carbons (Fsp3) is 0.444. The smallest absolute Gasteiger partial charge is 0.251 e. The number of carbonyl (C=O) groups excluding carboxylic acids is 2. The second-order valence-corrected chi connectivity index (χ2v) is 6.51. The van der Waals surface area contributed by atoms with E-state index in [0.717, 1.165) is 4.47 Å². The largest absolute Gasteiger partial charge is 0.356 e. The molecule has 0 heterocycles. The molecule has 0 aromatic heterocycles. The Morgan fingerprint density at radius 3 is 2.58 bits per heavy atom. The molecule has 7 nitrogen and oxygen atoms in total. The average molecular weight is 429 g/mol. The molecule has 0 aliphatic rings. The molecule has 1 rings (SSSR count). The number of amides is 2. The summed E-state index contributed by atoms with van der Waals surface area (Å²) in [6, 6.07) is 6.50. The lowest BCUT2D eigenvalue weighted by molar-refractivity contribution is -0.134. The van der Waals surface area contributed by atoms with Crippen LogP contribution in [0.15, 0.2) is 41.4 Å². The number of hydrogen-bond donors (Lipinski definition) is 3. The second-order valence-electron chi connectivity index (χ2n) is 5.59. The molecule has 0 saturated heterocycles. The number of hydroxylamine groups is 1. The van der Waals surface area contributed by atoms with Crippen LogP contribution < -0.4 is 10.8 Å². The van der Waals surface area contributed by atoms with Gasteiger partial charge in [0, 0.05) is 22.6 Å². The van der Waals surface area contributed by atoms with Crippen molar-refractivity contribution >= 4 is 27.7 Å². The van der Waals surface area contributed by atoms with Crippen LogP contribution in [0.3, 0.4) is 0 Å². The summed E-state index contributed by atoms with van der Waals surface area (Å²) in [6.45, 7) is 6.26. The Morgan fingerprint density at radius 2 is 2.00 bits per heavy atom. The van der Waals surface area contributed by atoms with Crippen LogP contribution in [0.1, 0.15) is 30.1 Å². The van der Waals surface area contributed by atoms with Gasteiger partial charge in [-0.05, 0) is 44.0 Å². The number of ether oxygens (including phenoxy) is 2. The number of hydrogen-bond acceptors (Lipinski definition) is 5. The molecule has 0 unspecified atom stereocenters. The van der Waals surface area contributed by atoms with Gasteiger partial charge in [0.05, 0.1) is 12.6 Å². The number of benzene rings is 1. The Hall–Kier alpha value is -1.74. The van der Waals surface area contributed by atoms with Gasteiger partial charge < -0.3 is 14.8 Å². The number of rotatable bonds is 12. The van der Waals surface area contributed by atoms with E-state index in [1.165, 1.54) is 0 Å². The summed E-state index contributed by atoms with van der Waals surface area (Å²) in [7, 11) is 0. The Kier molecular flexibility index (Phi) is 10.8. The maximum Gasteiger partial charge on any atom is 0.251 e. The van der Waals surface area contributed by atoms with Gasteiger partial charge in [-0.25, -0.2) is 5.48 Å². The highest BCUT2D eigenvalue weighted by atomic mass is 79.9. The molecule has 1 aromatic rings. The summed E-state index contributed by atoms with van der Waals surface area (Å²) in [6.07, 6.45) is 2.24. The molecule has 0 saturated carbocycles. The molecule has 0 fully saturated rings. The lowest BCUT2D eigenvalue weighted by atomic mass is 9.95. The van der Waals surface area contributed by atoms with E-state index in [2.05, 4.69) is 27.8 Å². The van der Waals surface area contributed by atoms with Crippen molar-refractivity contribution in [1.82, 2.24) is 10.8 Å². The van der Waals surface area contributed by atoms with Crippen LogP contribution in [-0.4, -0.2) is 43.1 Å². The second kappa shape index (κ2) is 12.6. The third-order valence-corrected chi connectivity index (χ3v) is 4.16. The molecule has 0 radical (unpaired) electrons. The molecule has 26 heavy (non-hydrogen) atoms. The highest BCUT2D eigenvalue weighted by Crippen LogP contribution is 2.15. The summed E-state index contributed by atoms with van der Waals surface area (Å²) in [5.74, 6) is -1.34. The van der Waals surface area contributed by atoms with Gasteiger partial charge in [-0.1, -0.05) is 22.0 Å². The number of halogens is 1. The van der Waals surface area contributed by atoms with E-state index < -0.39 is 17.9 Å². The van der Waals surface area contributed by atoms with Gasteiger partial charge in [-0.3, -0.25) is 14.8 Å². The van der Waals surface area contributed by atoms with Gasteiger partial charge in [-0.15, -0.1) is 6.58 Å². The zero-order chi connectivity index (χ0) is 19.4. The summed E-state index contributed by atoms with van der Waals surface area (Å²) < 4.78 is 11.4. The van der Waals surface area contributed by atoms with E-state index >= 15 is 0 Å². The number of carbonyl (C=O) groups is 2. The van der Waals surface area contributed by atoms with Crippen LogP contribution in [0.4, 0.5) is 0 Å². The first kappa shape index (κ1) is 22.3. The Morgan fingerprint density at radius 1 is 1.31 bits per heavy atom. The monoisotopic (exact) mass is 428 g/mol. The third-order valence-electron chi connectivity index (χ3n) is 3.63. The molecular formula is C18H25BrN2O5. The molecule has 0 aliphatic carbocycles. The van der Waals surface area contributed by atoms with Crippen LogP contribution in [0, 0.1) is 5.92 Å². The van der Waals surface area contributed by atoms with Crippen LogP contribution in [-0.2, 0) is 14.3 Å². The minimum atomic E-state index is -0.539. The molecule has 144 valence electrons. The van der Waals surface area contributed by atoms with Crippen molar-refractivity contribution < 1.29 is 24.3 Å². The zero-order valence-electron chi connectivity index (χ0n) is 14.7. The third kappa shape index (κ3) is 8.09. The van der Waals surface area contributed by atoms with Crippen LogP contribution in [0.2, 0.25) is 0 Å². The van der Waals surface area contributed by atoms with Gasteiger partial charge in [-0.2, -0.15) is 0 Å². The van der Waals surface area contributed by atoms with Gasteiger partial charge in [0.1, 0.15) is 6.79 Å². The molecule has 0 spiro atoms. The standard InChI is InChI=1S/C18H25BrN2O5/c1-3-5-14(18(23)21-24)10-16(11-26-12-25-4-2)20-17(22)13-6-8-15(19)9-7-13/h3,6-9,14,16,24H,1,4-5,10-12H2,2H3,(H,20,22)(H,21,23)/t14-,16-/m0/s1. The normalized spacial score (nSPS) is 12.9. The SMILES string of the molecule is C=CC[C@@H](C[C@@H](COCOCC)NC(=O)c1ccc(Br)cc1)C(=O)NO. The summed E-state index contributed by atoms with van der Waals surface area (Å²) in [4.78, 5) is 24.3. The molecule has 0 bridgehead atoms. The molecular weight excluding hydrogens is 404 g/mol. The van der Waals surface area contributed by atoms with Crippen LogP contribution in [0.5, 0.6) is 0 Å². The van der Waals surface area contributed by atoms with Crippen molar-refractivity contribution in [3.05, 3.63) is 47.0 Å². The van der Waals surface area contributed by atoms with Crippen LogP contribution in [0.25, 0.3) is 0 Å². The van der Waals surface area contributed by atoms with Gasteiger partial charge in [0.25, 0.3) is 5.91 Å². The van der Waals surface area contributed by atoms with E-state index in [1.54, 1.807) is 35.8 Å². The first-order valence-electron chi connectivity index (χ1n) is 8.28. The van der Waals surface area contributed by atoms with Crippen molar-refractivity contribution in [3.63, 3.8) is 0 Å². The minimum Gasteiger partial charge on any atom is -0.356 e. The predicted octanol–water partition coefficient (Wildman–Crippen LogP) is 2.65. The summed E-state index contributed by atoms with van der Waals surface area (Å²) in [5, 5.41) is 11.8. The molecule has 2 atom stereocenters. The van der Waals surface area contributed by atoms with Crippen molar-refractivity contribution in [1.29, 1.82) is 0 Å². The highest BCUT2D eigenvalue weighted by molar-refractivity contribution is 9.10. The van der Waals surface area contributed by atoms with Crippen molar-refractivity contribution in [2.75, 3.05) is 20.0 Å². The molecule has 0 aliphatic heterocycles. The quantitative estimate of drug-likeness (QED) is 0.156. The zero-order valence-corrected chi connectivity index (χ0v) is 16.3. The highest BCUT2D eigenvalue weighted by Gasteiger charge is 2.23. The lowest BCUT2D eigenvalue weighted by Gasteiger charge is -2.23. The van der Waals surface area contributed by atoms with Crippen molar-refractivity contribution in [2.24, 2.45) is 5.92 Å². The molecule has 8 heteroatoms. The van der Waals surface area contributed by atoms with Crippen LogP contribution >= 0.6 is 15.9 Å². The predicted molar refractivity (Wildman–Crippen MR) is 101 cm³/mol. The Labute approximate surface area is 161 Å². The van der Waals surface area contributed by atoms with Gasteiger partial charge in [0.2, 0.25) is 5.91 Å². The van der Waals surface area contributed by atoms with E-state index in [0.29, 0.717) is 18.6 Å². The molecule has 3 N–H and O–H groups in total.